The van der Waals surface area contributed by atoms with E-state index < -0.39 is 10.1 Å². The molecule has 28 heteroatoms. The van der Waals surface area contributed by atoms with Crippen molar-refractivity contribution in [1.29, 1.82) is 0 Å². The highest BCUT2D eigenvalue weighted by Crippen LogP contribution is 2.33. The Bertz CT molecular complexity index is 2630. The van der Waals surface area contributed by atoms with E-state index in [1.165, 1.54) is 12.1 Å². The number of quaternary nitrogens is 4. The van der Waals surface area contributed by atoms with Crippen LogP contribution in [0.2, 0.25) is 0 Å². The van der Waals surface area contributed by atoms with E-state index in [1.54, 1.807) is 36.4 Å². The first-order valence-electron chi connectivity index (χ1n) is 25.8. The summed E-state index contributed by atoms with van der Waals surface area (Å²) in [6, 6.07) is 9.78. The Labute approximate surface area is 448 Å². The van der Waals surface area contributed by atoms with Crippen molar-refractivity contribution in [2.24, 2.45) is 0 Å². The van der Waals surface area contributed by atoms with Gasteiger partial charge in [-0.25, -0.2) is 5.26 Å². The molecule has 0 aliphatic carbocycles. The number of anilines is 8. The Kier molecular flexibility index (Phi) is 18.5. The van der Waals surface area contributed by atoms with Crippen molar-refractivity contribution in [1.82, 2.24) is 29.9 Å². The number of piperazine rings is 4. The van der Waals surface area contributed by atoms with Gasteiger partial charge in [0.1, 0.15) is 31.1 Å². The summed E-state index contributed by atoms with van der Waals surface area (Å²) >= 11 is 0.708. The van der Waals surface area contributed by atoms with E-state index in [-0.39, 0.29) is 42.8 Å². The Morgan fingerprint density at radius 3 is 1.20 bits per heavy atom. The number of hydrogen-bond donors (Lipinski definition) is 8. The Hall–Kier alpha value is -5.18. The van der Waals surface area contributed by atoms with Crippen molar-refractivity contribution in [3.05, 3.63) is 47.5 Å². The topological polar surface area (TPSA) is 288 Å². The fourth-order valence-corrected chi connectivity index (χ4v) is 11.3. The maximum Gasteiger partial charge on any atom is 0.295 e. The summed E-state index contributed by atoms with van der Waals surface area (Å²) in [5.41, 5.74) is 1.56. The molecular weight excluding hydrogens is 1020 g/mol. The molecule has 4 fully saturated rings. The van der Waals surface area contributed by atoms with Gasteiger partial charge in [0.2, 0.25) is 35.7 Å². The quantitative estimate of drug-likeness (QED) is 0.0132. The minimum absolute atomic E-state index is 0.0931. The number of aromatic nitrogens is 6. The molecule has 0 atom stereocenters. The highest BCUT2D eigenvalue weighted by molar-refractivity contribution is 7.94. The average molecular weight is 1100 g/mol. The van der Waals surface area contributed by atoms with Crippen LogP contribution in [-0.4, -0.2) is 272 Å². The zero-order chi connectivity index (χ0) is 54.1. The second-order valence-corrected chi connectivity index (χ2v) is 23.4. The molecule has 4 aliphatic heterocycles. The zero-order valence-electron chi connectivity index (χ0n) is 44.0. The third kappa shape index (κ3) is 14.5. The van der Waals surface area contributed by atoms with Crippen LogP contribution >= 0.6 is 12.0 Å². The fourth-order valence-electron chi connectivity index (χ4n) is 10.1. The fraction of sp³-hybridized carbons (Fsp3) is 0.583. The highest BCUT2D eigenvalue weighted by atomic mass is 32.2. The molecule has 76 heavy (non-hydrogen) atoms. The van der Waals surface area contributed by atoms with Gasteiger partial charge in [0.05, 0.1) is 171 Å². The SMILES string of the molecule is C[N+]1(CCO)CCN(c2nc(Nc3ccc(/C=C/c4ccc(Nc5nc(N6CC[N+](C)(CCO)CC6)nc(N6CC[N+](C)(CCO)CC6)n5)cc4S(=O)(=O)O)c(SOOO)c3)nc(N3CC[N+](C)(CCO)CC3)n2)CC1. The molecule has 0 spiro atoms. The predicted molar refractivity (Wildman–Crippen MR) is 289 cm³/mol. The summed E-state index contributed by atoms with van der Waals surface area (Å²) in [5, 5.41) is 58.4. The van der Waals surface area contributed by atoms with Gasteiger partial charge in [-0.1, -0.05) is 29.3 Å². The molecule has 4 aliphatic rings. The summed E-state index contributed by atoms with van der Waals surface area (Å²) < 4.78 is 44.5. The molecule has 6 heterocycles. The standard InChI is InChI=1S/C48H74N16O10S2/c1-61(27-31-65)19-11-57(12-20-61)45-51-43(52-46(55-45)58-13-21-62(2,22-14-58)28-32-66)49-39-9-7-37(41(35-39)75-74-73-69)5-6-38-8-10-40(36-42(38)76(70,71)72)50-44-53-47(59-15-23-63(3,24-16-59)29-33-67)56-48(54-44)60-17-25-64(4,26-18-60)30-34-68/h5-10,35-36,65-68H,11-34H2,1-4H3,(H2-2,49,50,51,52,53,54,55,56,69,70,71,72)/q+2/p+2/b6-5+. The van der Waals surface area contributed by atoms with Crippen LogP contribution in [0.5, 0.6) is 0 Å². The summed E-state index contributed by atoms with van der Waals surface area (Å²) in [5.74, 6) is 2.45. The number of likely N-dealkylation sites (N-methyl/N-ethyl adjacent to an activating group) is 4. The van der Waals surface area contributed by atoms with E-state index in [9.17, 15) is 38.7 Å². The molecule has 416 valence electrons. The van der Waals surface area contributed by atoms with E-state index in [0.29, 0.717) is 142 Å². The maximum absolute atomic E-state index is 13.1. The van der Waals surface area contributed by atoms with E-state index in [0.717, 1.165) is 70.3 Å². The third-order valence-electron chi connectivity index (χ3n) is 15.6. The normalized spacial score (nSPS) is 19.6. The summed E-state index contributed by atoms with van der Waals surface area (Å²) in [4.78, 5) is 37.7. The van der Waals surface area contributed by atoms with Crippen molar-refractivity contribution in [2.45, 2.75) is 9.79 Å². The lowest BCUT2D eigenvalue weighted by Crippen LogP contribution is -2.59. The first-order chi connectivity index (χ1) is 36.4. The molecule has 4 saturated heterocycles. The second-order valence-electron chi connectivity index (χ2n) is 21.3. The summed E-state index contributed by atoms with van der Waals surface area (Å²) in [7, 11) is 3.74. The van der Waals surface area contributed by atoms with Crippen LogP contribution in [-0.2, 0) is 19.5 Å². The number of benzene rings is 2. The van der Waals surface area contributed by atoms with Gasteiger partial charge >= 0.3 is 0 Å². The average Bonchev–Trinajstić information content (AvgIpc) is 3.39. The van der Waals surface area contributed by atoms with Crippen LogP contribution in [0.1, 0.15) is 11.1 Å². The minimum atomic E-state index is -4.78. The van der Waals surface area contributed by atoms with Gasteiger partial charge in [-0.15, -0.1) is 4.33 Å². The van der Waals surface area contributed by atoms with Gasteiger partial charge in [0, 0.05) is 16.3 Å². The van der Waals surface area contributed by atoms with Crippen molar-refractivity contribution >= 4 is 81.4 Å². The molecule has 8 N–H and O–H groups in total. The molecule has 2 aromatic heterocycles. The molecule has 8 rings (SSSR count). The van der Waals surface area contributed by atoms with Crippen LogP contribution in [0.25, 0.3) is 12.2 Å². The number of hydrogen-bond acceptors (Lipinski definition) is 22. The molecule has 4 aromatic rings. The van der Waals surface area contributed by atoms with Crippen molar-refractivity contribution < 1.29 is 66.0 Å². The third-order valence-corrected chi connectivity index (χ3v) is 17.2. The lowest BCUT2D eigenvalue weighted by atomic mass is 10.1. The Morgan fingerprint density at radius 2 is 0.868 bits per heavy atom. The smallest absolute Gasteiger partial charge is 0.295 e. The molecule has 2 aromatic carbocycles. The monoisotopic (exact) mass is 1100 g/mol. The number of rotatable bonds is 22. The highest BCUT2D eigenvalue weighted by Gasteiger charge is 2.35. The summed E-state index contributed by atoms with van der Waals surface area (Å²) in [6.07, 6.45) is 3.17. The van der Waals surface area contributed by atoms with Crippen LogP contribution in [0.4, 0.5) is 47.1 Å². The lowest BCUT2D eigenvalue weighted by molar-refractivity contribution is -0.910. The van der Waals surface area contributed by atoms with E-state index >= 15 is 0 Å². The van der Waals surface area contributed by atoms with E-state index in [2.05, 4.69) is 63.5 Å². The number of nitrogens with zero attached hydrogens (tertiary/aromatic N) is 14. The van der Waals surface area contributed by atoms with Gasteiger partial charge in [0.15, 0.2) is 0 Å². The molecule has 0 unspecified atom stereocenters. The number of aliphatic hydroxyl groups excluding tert-OH is 4. The zero-order valence-corrected chi connectivity index (χ0v) is 45.6. The van der Waals surface area contributed by atoms with Gasteiger partial charge in [-0.2, -0.15) is 38.3 Å². The molecule has 0 amide bonds. The first-order valence-corrected chi connectivity index (χ1v) is 28.0. The number of nitrogens with one attached hydrogen (secondary N) is 2. The van der Waals surface area contributed by atoms with Gasteiger partial charge < -0.3 is 68.6 Å². The number of aliphatic hydroxyl groups is 4. The van der Waals surface area contributed by atoms with Crippen molar-refractivity contribution in [3.63, 3.8) is 0 Å². The van der Waals surface area contributed by atoms with Crippen LogP contribution in [0.15, 0.2) is 46.2 Å². The molecule has 0 bridgehead atoms. The molecule has 26 nitrogen and oxygen atoms in total. The molecule has 0 saturated carbocycles. The maximum atomic E-state index is 13.1. The molecular formula is C48H76N16O10S2+4. The first kappa shape index (κ1) is 57.0. The lowest BCUT2D eigenvalue weighted by Gasteiger charge is -2.42. The van der Waals surface area contributed by atoms with Crippen molar-refractivity contribution in [2.75, 3.05) is 216 Å². The van der Waals surface area contributed by atoms with Gasteiger partial charge in [-0.05, 0) is 35.4 Å². The van der Waals surface area contributed by atoms with Crippen LogP contribution in [0, 0.1) is 0 Å². The van der Waals surface area contributed by atoms with Gasteiger partial charge in [0.25, 0.3) is 10.1 Å². The van der Waals surface area contributed by atoms with Crippen LogP contribution in [0.3, 0.4) is 0 Å². The Balaban J connectivity index is 1.04. The van der Waals surface area contributed by atoms with Crippen molar-refractivity contribution in [3.8, 4) is 0 Å². The minimum Gasteiger partial charge on any atom is -0.391 e. The predicted octanol–water partition coefficient (Wildman–Crippen LogP) is 0.425. The van der Waals surface area contributed by atoms with E-state index in [4.69, 9.17) is 34.2 Å². The largest absolute Gasteiger partial charge is 0.391 e. The van der Waals surface area contributed by atoms with Gasteiger partial charge in [-0.3, -0.25) is 4.55 Å². The molecule has 0 radical (unpaired) electrons. The second kappa shape index (κ2) is 24.7. The van der Waals surface area contributed by atoms with E-state index in [1.807, 2.05) is 0 Å². The van der Waals surface area contributed by atoms with Crippen LogP contribution < -0.4 is 30.2 Å². The summed E-state index contributed by atoms with van der Waals surface area (Å²) in [6.45, 7) is 14.7. The Morgan fingerprint density at radius 1 is 0.539 bits per heavy atom.